The summed E-state index contributed by atoms with van der Waals surface area (Å²) in [6.07, 6.45) is 0. The maximum Gasteiger partial charge on any atom is 0.323 e. The molecule has 1 amide bonds. The first-order chi connectivity index (χ1) is 8.64. The molecule has 0 saturated carbocycles. The number of carbonyl (C=O) groups excluding carboxylic acids is 1. The van der Waals surface area contributed by atoms with Crippen LogP contribution in [0.2, 0.25) is 0 Å². The molecule has 1 N–H and O–H groups in total. The molecule has 1 aromatic carbocycles. The zero-order valence-corrected chi connectivity index (χ0v) is 12.5. The quantitative estimate of drug-likeness (QED) is 0.926. The Morgan fingerprint density at radius 1 is 1.37 bits per heavy atom. The van der Waals surface area contributed by atoms with Crippen LogP contribution in [-0.4, -0.2) is 34.0 Å². The van der Waals surface area contributed by atoms with Crippen LogP contribution >= 0.6 is 15.9 Å². The van der Waals surface area contributed by atoms with Gasteiger partial charge in [0.1, 0.15) is 12.4 Å². The number of benzene rings is 1. The van der Waals surface area contributed by atoms with Gasteiger partial charge >= 0.3 is 5.97 Å². The van der Waals surface area contributed by atoms with Crippen LogP contribution in [0.3, 0.4) is 0 Å². The molecule has 0 aliphatic carbocycles. The average molecular weight is 332 g/mol. The summed E-state index contributed by atoms with van der Waals surface area (Å²) in [6.45, 7) is 4.62. The van der Waals surface area contributed by atoms with E-state index in [0.717, 1.165) is 4.90 Å². The third kappa shape index (κ3) is 3.76. The number of carboxylic acid groups (broad SMARTS) is 1. The molecule has 0 spiro atoms. The van der Waals surface area contributed by atoms with Crippen molar-refractivity contribution in [1.82, 2.24) is 4.90 Å². The summed E-state index contributed by atoms with van der Waals surface area (Å²) in [5, 5.41) is 8.87. The van der Waals surface area contributed by atoms with E-state index in [0.29, 0.717) is 0 Å². The minimum atomic E-state index is -1.14. The topological polar surface area (TPSA) is 57.6 Å². The van der Waals surface area contributed by atoms with Crippen molar-refractivity contribution >= 4 is 27.8 Å². The van der Waals surface area contributed by atoms with Crippen molar-refractivity contribution in [3.8, 4) is 0 Å². The van der Waals surface area contributed by atoms with Crippen molar-refractivity contribution < 1.29 is 19.1 Å². The van der Waals surface area contributed by atoms with E-state index < -0.39 is 29.8 Å². The minimum Gasteiger partial charge on any atom is -0.480 e. The van der Waals surface area contributed by atoms with E-state index in [1.807, 2.05) is 0 Å². The molecule has 0 heterocycles. The lowest BCUT2D eigenvalue weighted by molar-refractivity contribution is -0.138. The summed E-state index contributed by atoms with van der Waals surface area (Å²) in [4.78, 5) is 24.3. The summed E-state index contributed by atoms with van der Waals surface area (Å²) in [5.74, 6) is -2.47. The molecular weight excluding hydrogens is 317 g/mol. The lowest BCUT2D eigenvalue weighted by Gasteiger charge is -2.34. The molecule has 104 valence electrons. The van der Waals surface area contributed by atoms with Crippen LogP contribution < -0.4 is 0 Å². The van der Waals surface area contributed by atoms with Gasteiger partial charge in [-0.05, 0) is 48.8 Å². The number of carboxylic acids is 1. The highest BCUT2D eigenvalue weighted by molar-refractivity contribution is 9.10. The van der Waals surface area contributed by atoms with Crippen LogP contribution in [0.15, 0.2) is 22.7 Å². The van der Waals surface area contributed by atoms with Gasteiger partial charge in [-0.25, -0.2) is 4.39 Å². The third-order valence-electron chi connectivity index (χ3n) is 2.53. The van der Waals surface area contributed by atoms with E-state index in [1.54, 1.807) is 20.8 Å². The van der Waals surface area contributed by atoms with Crippen molar-refractivity contribution in [2.45, 2.75) is 26.3 Å². The van der Waals surface area contributed by atoms with Gasteiger partial charge in [0, 0.05) is 5.54 Å². The van der Waals surface area contributed by atoms with Crippen molar-refractivity contribution in [2.24, 2.45) is 0 Å². The normalized spacial score (nSPS) is 11.2. The molecule has 19 heavy (non-hydrogen) atoms. The molecule has 4 nitrogen and oxygen atoms in total. The van der Waals surface area contributed by atoms with Crippen molar-refractivity contribution in [1.29, 1.82) is 0 Å². The fraction of sp³-hybridized carbons (Fsp3) is 0.385. The second kappa shape index (κ2) is 5.69. The number of halogens is 2. The highest BCUT2D eigenvalue weighted by Crippen LogP contribution is 2.23. The average Bonchev–Trinajstić information content (AvgIpc) is 2.27. The summed E-state index contributed by atoms with van der Waals surface area (Å²) in [6, 6.07) is 4.34. The molecule has 0 aliphatic rings. The number of hydrogen-bond acceptors (Lipinski definition) is 2. The van der Waals surface area contributed by atoms with Gasteiger partial charge in [-0.1, -0.05) is 6.07 Å². The molecule has 0 bridgehead atoms. The third-order valence-corrected chi connectivity index (χ3v) is 3.14. The summed E-state index contributed by atoms with van der Waals surface area (Å²) >= 11 is 3.00. The second-order valence-corrected chi connectivity index (χ2v) is 5.91. The Balaban J connectivity index is 3.20. The number of aliphatic carboxylic acids is 1. The molecule has 0 fully saturated rings. The van der Waals surface area contributed by atoms with Crippen molar-refractivity contribution in [3.63, 3.8) is 0 Å². The molecule has 0 aliphatic heterocycles. The van der Waals surface area contributed by atoms with Crippen LogP contribution in [0.4, 0.5) is 4.39 Å². The number of hydrogen-bond donors (Lipinski definition) is 1. The summed E-state index contributed by atoms with van der Waals surface area (Å²) < 4.78 is 14.1. The predicted octanol–water partition coefficient (Wildman–Crippen LogP) is 2.91. The number of amides is 1. The van der Waals surface area contributed by atoms with E-state index in [9.17, 15) is 14.0 Å². The zero-order chi connectivity index (χ0) is 14.8. The SMILES string of the molecule is CC(C)(C)N(CC(=O)O)C(=O)c1cccc(Br)c1F. The fourth-order valence-corrected chi connectivity index (χ4v) is 1.93. The molecular formula is C13H15BrFNO3. The van der Waals surface area contributed by atoms with Crippen molar-refractivity contribution in [3.05, 3.63) is 34.1 Å². The van der Waals surface area contributed by atoms with Crippen LogP contribution in [0.5, 0.6) is 0 Å². The second-order valence-electron chi connectivity index (χ2n) is 5.06. The molecule has 1 aromatic rings. The number of rotatable bonds is 3. The zero-order valence-electron chi connectivity index (χ0n) is 10.9. The van der Waals surface area contributed by atoms with Gasteiger partial charge in [-0.3, -0.25) is 9.59 Å². The molecule has 1 rings (SSSR count). The Labute approximate surface area is 119 Å². The number of carbonyl (C=O) groups is 2. The van der Waals surface area contributed by atoms with Crippen LogP contribution in [0, 0.1) is 5.82 Å². The minimum absolute atomic E-state index is 0.148. The molecule has 0 atom stereocenters. The number of nitrogens with zero attached hydrogens (tertiary/aromatic N) is 1. The van der Waals surface area contributed by atoms with Gasteiger partial charge < -0.3 is 10.0 Å². The largest absolute Gasteiger partial charge is 0.480 e. The van der Waals surface area contributed by atoms with E-state index in [4.69, 9.17) is 5.11 Å². The maximum atomic E-state index is 13.9. The Morgan fingerprint density at radius 3 is 2.42 bits per heavy atom. The monoisotopic (exact) mass is 331 g/mol. The fourth-order valence-electron chi connectivity index (χ4n) is 1.56. The van der Waals surface area contributed by atoms with E-state index >= 15 is 0 Å². The van der Waals surface area contributed by atoms with Crippen molar-refractivity contribution in [2.75, 3.05) is 6.54 Å². The van der Waals surface area contributed by atoms with Crippen LogP contribution in [0.25, 0.3) is 0 Å². The smallest absolute Gasteiger partial charge is 0.323 e. The van der Waals surface area contributed by atoms with E-state index in [2.05, 4.69) is 15.9 Å². The maximum absolute atomic E-state index is 13.9. The Kier molecular flexibility index (Phi) is 4.68. The first-order valence-corrected chi connectivity index (χ1v) is 6.41. The van der Waals surface area contributed by atoms with Gasteiger partial charge in [0.05, 0.1) is 10.0 Å². The molecule has 0 aromatic heterocycles. The van der Waals surface area contributed by atoms with Gasteiger partial charge in [0.2, 0.25) is 0 Å². The van der Waals surface area contributed by atoms with Gasteiger partial charge in [0.15, 0.2) is 0 Å². The van der Waals surface area contributed by atoms with E-state index in [-0.39, 0.29) is 10.0 Å². The summed E-state index contributed by atoms with van der Waals surface area (Å²) in [7, 11) is 0. The van der Waals surface area contributed by atoms with Gasteiger partial charge in [0.25, 0.3) is 5.91 Å². The lowest BCUT2D eigenvalue weighted by atomic mass is 10.0. The highest BCUT2D eigenvalue weighted by Gasteiger charge is 2.30. The molecule has 6 heteroatoms. The highest BCUT2D eigenvalue weighted by atomic mass is 79.9. The van der Waals surface area contributed by atoms with Gasteiger partial charge in [-0.15, -0.1) is 0 Å². The Bertz CT molecular complexity index is 511. The van der Waals surface area contributed by atoms with E-state index in [1.165, 1.54) is 18.2 Å². The van der Waals surface area contributed by atoms with Gasteiger partial charge in [-0.2, -0.15) is 0 Å². The summed E-state index contributed by atoms with van der Waals surface area (Å²) in [5.41, 5.74) is -0.866. The first-order valence-electron chi connectivity index (χ1n) is 5.62. The molecule has 0 saturated heterocycles. The molecule has 0 radical (unpaired) electrons. The van der Waals surface area contributed by atoms with Crippen LogP contribution in [0.1, 0.15) is 31.1 Å². The Hall–Kier alpha value is -1.43. The Morgan fingerprint density at radius 2 is 1.95 bits per heavy atom. The molecule has 0 unspecified atom stereocenters. The van der Waals surface area contributed by atoms with Crippen LogP contribution in [-0.2, 0) is 4.79 Å². The first kappa shape index (κ1) is 15.6. The standard InChI is InChI=1S/C13H15BrFNO3/c1-13(2,3)16(7-10(17)18)12(19)8-5-4-6-9(14)11(8)15/h4-6H,7H2,1-3H3,(H,17,18). The lowest BCUT2D eigenvalue weighted by Crippen LogP contribution is -2.48. The predicted molar refractivity (Wildman–Crippen MR) is 72.5 cm³/mol.